The summed E-state index contributed by atoms with van der Waals surface area (Å²) in [6, 6.07) is 10.0. The van der Waals surface area contributed by atoms with Gasteiger partial charge in [0.15, 0.2) is 0 Å². The number of hydrogen-bond acceptors (Lipinski definition) is 3. The lowest BCUT2D eigenvalue weighted by Crippen LogP contribution is -2.45. The molecule has 0 radical (unpaired) electrons. The van der Waals surface area contributed by atoms with Crippen LogP contribution in [0.5, 0.6) is 0 Å². The molecular formula is C18H25Cl2N3O. The molecule has 132 valence electrons. The number of benzene rings is 1. The average Bonchev–Trinajstić information content (AvgIpc) is 2.54. The van der Waals surface area contributed by atoms with Crippen molar-refractivity contribution >= 4 is 41.6 Å². The molecule has 4 nitrogen and oxygen atoms in total. The third-order valence-corrected chi connectivity index (χ3v) is 4.20. The number of rotatable bonds is 3. The van der Waals surface area contributed by atoms with E-state index in [1.54, 1.807) is 0 Å². The highest BCUT2D eigenvalue weighted by atomic mass is 35.5. The van der Waals surface area contributed by atoms with E-state index in [0.29, 0.717) is 5.92 Å². The van der Waals surface area contributed by atoms with Crippen molar-refractivity contribution in [3.05, 3.63) is 41.6 Å². The Kier molecular flexibility index (Phi) is 7.94. The van der Waals surface area contributed by atoms with Gasteiger partial charge in [0.25, 0.3) is 5.91 Å². The monoisotopic (exact) mass is 369 g/mol. The first-order valence-corrected chi connectivity index (χ1v) is 8.06. The molecule has 24 heavy (non-hydrogen) atoms. The van der Waals surface area contributed by atoms with Gasteiger partial charge in [-0.1, -0.05) is 32.0 Å². The fraction of sp³-hybridized carbons (Fsp3) is 0.444. The smallest absolute Gasteiger partial charge is 0.252 e. The van der Waals surface area contributed by atoms with Gasteiger partial charge in [0.2, 0.25) is 0 Å². The second-order valence-electron chi connectivity index (χ2n) is 6.28. The molecule has 6 heteroatoms. The number of amides is 1. The highest BCUT2D eigenvalue weighted by Gasteiger charge is 2.19. The van der Waals surface area contributed by atoms with Crippen LogP contribution >= 0.6 is 24.8 Å². The zero-order valence-corrected chi connectivity index (χ0v) is 15.7. The van der Waals surface area contributed by atoms with Crippen LogP contribution in [0.15, 0.2) is 30.3 Å². The van der Waals surface area contributed by atoms with Crippen LogP contribution in [0.25, 0.3) is 10.9 Å². The zero-order chi connectivity index (χ0) is 15.5. The Morgan fingerprint density at radius 3 is 2.71 bits per heavy atom. The number of piperidine rings is 1. The molecule has 1 aliphatic heterocycles. The van der Waals surface area contributed by atoms with E-state index in [1.807, 2.05) is 30.3 Å². The molecule has 1 saturated heterocycles. The Morgan fingerprint density at radius 1 is 1.29 bits per heavy atom. The number of halogens is 2. The van der Waals surface area contributed by atoms with Gasteiger partial charge in [-0.25, -0.2) is 0 Å². The summed E-state index contributed by atoms with van der Waals surface area (Å²) in [6.45, 7) is 6.10. The van der Waals surface area contributed by atoms with E-state index in [9.17, 15) is 4.79 Å². The van der Waals surface area contributed by atoms with Gasteiger partial charge in [0.05, 0.1) is 11.1 Å². The molecule has 1 atom stereocenters. The van der Waals surface area contributed by atoms with Gasteiger partial charge in [0.1, 0.15) is 0 Å². The van der Waals surface area contributed by atoms with Gasteiger partial charge in [-0.2, -0.15) is 0 Å². The fourth-order valence-electron chi connectivity index (χ4n) is 2.92. The first kappa shape index (κ1) is 20.7. The number of nitrogens with zero attached hydrogens (tertiary/aromatic N) is 1. The number of fused-ring (bicyclic) bond motifs is 1. The van der Waals surface area contributed by atoms with Crippen molar-refractivity contribution in [3.63, 3.8) is 0 Å². The van der Waals surface area contributed by atoms with E-state index in [-0.39, 0.29) is 36.8 Å². The molecular weight excluding hydrogens is 345 g/mol. The van der Waals surface area contributed by atoms with Crippen LogP contribution in [0.3, 0.4) is 0 Å². The molecule has 3 rings (SSSR count). The molecule has 1 amide bonds. The minimum atomic E-state index is 0. The predicted molar refractivity (Wildman–Crippen MR) is 104 cm³/mol. The van der Waals surface area contributed by atoms with E-state index in [4.69, 9.17) is 0 Å². The number of nitrogens with one attached hydrogen (secondary N) is 2. The minimum Gasteiger partial charge on any atom is -0.348 e. The number of para-hydroxylation sites is 1. The van der Waals surface area contributed by atoms with E-state index in [1.165, 1.54) is 0 Å². The van der Waals surface area contributed by atoms with Gasteiger partial charge < -0.3 is 10.6 Å². The van der Waals surface area contributed by atoms with Gasteiger partial charge >= 0.3 is 0 Å². The average molecular weight is 370 g/mol. The fourth-order valence-corrected chi connectivity index (χ4v) is 2.92. The van der Waals surface area contributed by atoms with E-state index < -0.39 is 0 Å². The molecule has 2 aromatic rings. The van der Waals surface area contributed by atoms with Crippen molar-refractivity contribution in [1.82, 2.24) is 15.6 Å². The highest BCUT2D eigenvalue weighted by Crippen LogP contribution is 2.22. The van der Waals surface area contributed by atoms with Crippen molar-refractivity contribution in [2.24, 2.45) is 0 Å². The summed E-state index contributed by atoms with van der Waals surface area (Å²) >= 11 is 0. The normalized spacial score (nSPS) is 17.0. The summed E-state index contributed by atoms with van der Waals surface area (Å²) in [6.07, 6.45) is 2.15. The number of pyridine rings is 1. The third-order valence-electron chi connectivity index (χ3n) is 4.20. The first-order chi connectivity index (χ1) is 10.6. The van der Waals surface area contributed by atoms with Gasteiger partial charge in [0, 0.05) is 23.7 Å². The summed E-state index contributed by atoms with van der Waals surface area (Å²) in [5.74, 6) is 0.307. The topological polar surface area (TPSA) is 54.0 Å². The summed E-state index contributed by atoms with van der Waals surface area (Å²) in [5, 5.41) is 7.42. The maximum Gasteiger partial charge on any atom is 0.252 e. The van der Waals surface area contributed by atoms with Gasteiger partial charge in [-0.15, -0.1) is 24.8 Å². The number of carbonyl (C=O) groups excluding carboxylic acids is 1. The Hall–Kier alpha value is -1.36. The van der Waals surface area contributed by atoms with E-state index >= 15 is 0 Å². The van der Waals surface area contributed by atoms with Gasteiger partial charge in [-0.3, -0.25) is 9.78 Å². The predicted octanol–water partition coefficient (Wildman–Crippen LogP) is 3.68. The molecule has 2 N–H and O–H groups in total. The number of carbonyl (C=O) groups is 1. The zero-order valence-electron chi connectivity index (χ0n) is 14.0. The van der Waals surface area contributed by atoms with Crippen molar-refractivity contribution in [2.45, 2.75) is 38.6 Å². The standard InChI is InChI=1S/C18H23N3O.2ClH/c1-12(2)17-10-15(14-7-3-4-8-16(14)21-17)18(22)20-13-6-5-9-19-11-13;;/h3-4,7-8,10,12-13,19H,5-6,9,11H2,1-2H3,(H,20,22);2*1H/t13-;;/m0../s1. The van der Waals surface area contributed by atoms with Crippen LogP contribution in [0, 0.1) is 0 Å². The SMILES string of the molecule is CC(C)c1cc(C(=O)N[C@H]2CCCNC2)c2ccccc2n1.Cl.Cl. The highest BCUT2D eigenvalue weighted by molar-refractivity contribution is 6.06. The molecule has 0 spiro atoms. The summed E-state index contributed by atoms with van der Waals surface area (Å²) in [4.78, 5) is 17.4. The molecule has 0 aliphatic carbocycles. The van der Waals surface area contributed by atoms with E-state index in [2.05, 4.69) is 29.5 Å². The van der Waals surface area contributed by atoms with Crippen LogP contribution in [0.4, 0.5) is 0 Å². The van der Waals surface area contributed by atoms with Crippen LogP contribution in [0.2, 0.25) is 0 Å². The van der Waals surface area contributed by atoms with Crippen LogP contribution < -0.4 is 10.6 Å². The molecule has 0 saturated carbocycles. The molecule has 1 fully saturated rings. The number of hydrogen-bond donors (Lipinski definition) is 2. The molecule has 0 unspecified atom stereocenters. The maximum absolute atomic E-state index is 12.7. The van der Waals surface area contributed by atoms with Gasteiger partial charge in [-0.05, 0) is 37.4 Å². The molecule has 1 aliphatic rings. The Morgan fingerprint density at radius 2 is 2.04 bits per heavy atom. The van der Waals surface area contributed by atoms with Crippen molar-refractivity contribution in [1.29, 1.82) is 0 Å². The maximum atomic E-state index is 12.7. The van der Waals surface area contributed by atoms with Crippen molar-refractivity contribution < 1.29 is 4.79 Å². The van der Waals surface area contributed by atoms with Crippen molar-refractivity contribution in [2.75, 3.05) is 13.1 Å². The Balaban J connectivity index is 0.00000144. The van der Waals surface area contributed by atoms with E-state index in [0.717, 1.165) is 48.1 Å². The lowest BCUT2D eigenvalue weighted by Gasteiger charge is -2.24. The Bertz CT molecular complexity index is 685. The third kappa shape index (κ3) is 4.59. The van der Waals surface area contributed by atoms with Crippen LogP contribution in [-0.2, 0) is 0 Å². The van der Waals surface area contributed by atoms with Crippen molar-refractivity contribution in [3.8, 4) is 0 Å². The Labute approximate surface area is 155 Å². The molecule has 1 aromatic carbocycles. The van der Waals surface area contributed by atoms with Crippen LogP contribution in [0.1, 0.15) is 48.7 Å². The lowest BCUT2D eigenvalue weighted by molar-refractivity contribution is 0.0932. The molecule has 0 bridgehead atoms. The largest absolute Gasteiger partial charge is 0.348 e. The van der Waals surface area contributed by atoms with Crippen LogP contribution in [-0.4, -0.2) is 30.0 Å². The molecule has 1 aromatic heterocycles. The summed E-state index contributed by atoms with van der Waals surface area (Å²) in [7, 11) is 0. The second-order valence-corrected chi connectivity index (χ2v) is 6.28. The quantitative estimate of drug-likeness (QED) is 0.867. The second kappa shape index (κ2) is 9.21. The first-order valence-electron chi connectivity index (χ1n) is 8.06. The minimum absolute atomic E-state index is 0. The summed E-state index contributed by atoms with van der Waals surface area (Å²) < 4.78 is 0. The summed E-state index contributed by atoms with van der Waals surface area (Å²) in [5.41, 5.74) is 2.59. The molecule has 2 heterocycles. The number of aromatic nitrogens is 1. The lowest BCUT2D eigenvalue weighted by atomic mass is 10.0.